The Labute approximate surface area is 143 Å². The highest BCUT2D eigenvalue weighted by atomic mass is 32.1. The number of aromatic nitrogens is 4. The van der Waals surface area contributed by atoms with Crippen molar-refractivity contribution in [3.63, 3.8) is 0 Å². The van der Waals surface area contributed by atoms with Gasteiger partial charge in [0.05, 0.1) is 12.2 Å². The van der Waals surface area contributed by atoms with E-state index in [4.69, 9.17) is 17.3 Å². The summed E-state index contributed by atoms with van der Waals surface area (Å²) in [6.07, 6.45) is 3.26. The molecule has 1 aromatic carbocycles. The standard InChI is InChI=1S/C17H16N4S2/c1-11-5-6-12-3-2-4-13-8-16(22)21(9-15-19-18-10-23-15)20-17(13)14(12)7-11/h5-8,10H,2-4,9H2,1H3. The lowest BCUT2D eigenvalue weighted by Gasteiger charge is -2.12. The van der Waals surface area contributed by atoms with Crippen molar-refractivity contribution in [2.75, 3.05) is 0 Å². The van der Waals surface area contributed by atoms with Crippen LogP contribution < -0.4 is 0 Å². The van der Waals surface area contributed by atoms with Gasteiger partial charge >= 0.3 is 0 Å². The van der Waals surface area contributed by atoms with E-state index in [1.54, 1.807) is 5.51 Å². The van der Waals surface area contributed by atoms with Crippen molar-refractivity contribution in [3.8, 4) is 11.3 Å². The molecular weight excluding hydrogens is 324 g/mol. The van der Waals surface area contributed by atoms with Crippen molar-refractivity contribution >= 4 is 23.6 Å². The Bertz CT molecular complexity index is 913. The van der Waals surface area contributed by atoms with Crippen molar-refractivity contribution in [1.82, 2.24) is 20.0 Å². The Morgan fingerprint density at radius 2 is 2.09 bits per heavy atom. The van der Waals surface area contributed by atoms with Gasteiger partial charge in [-0.15, -0.1) is 21.5 Å². The van der Waals surface area contributed by atoms with Crippen LogP contribution in [0.3, 0.4) is 0 Å². The molecular formula is C17H16N4S2. The Balaban J connectivity index is 1.87. The van der Waals surface area contributed by atoms with Crippen LogP contribution in [0.25, 0.3) is 11.3 Å². The zero-order chi connectivity index (χ0) is 15.8. The van der Waals surface area contributed by atoms with E-state index in [2.05, 4.69) is 41.4 Å². The number of rotatable bonds is 2. The molecule has 0 aliphatic heterocycles. The summed E-state index contributed by atoms with van der Waals surface area (Å²) in [5, 5.41) is 13.8. The van der Waals surface area contributed by atoms with Crippen LogP contribution in [0.1, 0.15) is 28.1 Å². The molecule has 1 aliphatic rings. The molecule has 0 N–H and O–H groups in total. The highest BCUT2D eigenvalue weighted by molar-refractivity contribution is 7.71. The minimum Gasteiger partial charge on any atom is -0.247 e. The topological polar surface area (TPSA) is 43.6 Å². The van der Waals surface area contributed by atoms with Gasteiger partial charge < -0.3 is 0 Å². The molecule has 0 unspecified atom stereocenters. The van der Waals surface area contributed by atoms with E-state index in [1.807, 2.05) is 4.68 Å². The van der Waals surface area contributed by atoms with Gasteiger partial charge in [0.15, 0.2) is 0 Å². The highest BCUT2D eigenvalue weighted by Crippen LogP contribution is 2.31. The van der Waals surface area contributed by atoms with Gasteiger partial charge in [-0.25, -0.2) is 4.68 Å². The van der Waals surface area contributed by atoms with Crippen molar-refractivity contribution in [3.05, 3.63) is 56.1 Å². The zero-order valence-electron chi connectivity index (χ0n) is 12.8. The van der Waals surface area contributed by atoms with Crippen LogP contribution in [0, 0.1) is 11.6 Å². The second kappa shape index (κ2) is 5.94. The summed E-state index contributed by atoms with van der Waals surface area (Å²) >= 11 is 7.06. The third kappa shape index (κ3) is 2.84. The predicted octanol–water partition coefficient (Wildman–Crippen LogP) is 3.98. The lowest BCUT2D eigenvalue weighted by molar-refractivity contribution is 0.646. The first-order chi connectivity index (χ1) is 11.2. The average molecular weight is 340 g/mol. The van der Waals surface area contributed by atoms with E-state index in [0.29, 0.717) is 6.54 Å². The molecule has 6 heteroatoms. The van der Waals surface area contributed by atoms with Gasteiger partial charge in [0, 0.05) is 5.56 Å². The van der Waals surface area contributed by atoms with Gasteiger partial charge in [-0.05, 0) is 49.4 Å². The summed E-state index contributed by atoms with van der Waals surface area (Å²) < 4.78 is 2.63. The minimum atomic E-state index is 0.581. The number of benzene rings is 1. The van der Waals surface area contributed by atoms with Crippen LogP contribution in [-0.4, -0.2) is 20.0 Å². The maximum Gasteiger partial charge on any atom is 0.138 e. The third-order valence-corrected chi connectivity index (χ3v) is 5.19. The molecule has 0 spiro atoms. The molecule has 0 atom stereocenters. The number of aryl methyl sites for hydroxylation is 3. The first-order valence-electron chi connectivity index (χ1n) is 7.67. The highest BCUT2D eigenvalue weighted by Gasteiger charge is 2.17. The molecule has 0 bridgehead atoms. The van der Waals surface area contributed by atoms with Gasteiger partial charge in [-0.2, -0.15) is 5.10 Å². The van der Waals surface area contributed by atoms with Crippen LogP contribution in [0.15, 0.2) is 29.8 Å². The maximum absolute atomic E-state index is 5.54. The van der Waals surface area contributed by atoms with E-state index < -0.39 is 0 Å². The van der Waals surface area contributed by atoms with Gasteiger partial charge in [0.1, 0.15) is 15.2 Å². The Morgan fingerprint density at radius 3 is 2.91 bits per heavy atom. The van der Waals surface area contributed by atoms with E-state index in [0.717, 1.165) is 34.6 Å². The monoisotopic (exact) mass is 340 g/mol. The van der Waals surface area contributed by atoms with Crippen LogP contribution in [0.2, 0.25) is 0 Å². The molecule has 23 heavy (non-hydrogen) atoms. The van der Waals surface area contributed by atoms with Gasteiger partial charge in [0.25, 0.3) is 0 Å². The largest absolute Gasteiger partial charge is 0.247 e. The molecule has 0 fully saturated rings. The minimum absolute atomic E-state index is 0.581. The van der Waals surface area contributed by atoms with Crippen molar-refractivity contribution in [2.45, 2.75) is 32.7 Å². The molecule has 0 saturated carbocycles. The fourth-order valence-corrected chi connectivity index (χ4v) is 3.80. The third-order valence-electron chi connectivity index (χ3n) is 4.18. The number of fused-ring (bicyclic) bond motifs is 3. The number of nitrogens with zero attached hydrogens (tertiary/aromatic N) is 4. The summed E-state index contributed by atoms with van der Waals surface area (Å²) in [7, 11) is 0. The van der Waals surface area contributed by atoms with Crippen LogP contribution in [0.5, 0.6) is 0 Å². The molecule has 0 saturated heterocycles. The van der Waals surface area contributed by atoms with Crippen molar-refractivity contribution < 1.29 is 0 Å². The lowest BCUT2D eigenvalue weighted by Crippen LogP contribution is -2.09. The average Bonchev–Trinajstić information content (AvgIpc) is 2.98. The van der Waals surface area contributed by atoms with E-state index >= 15 is 0 Å². The molecule has 3 aromatic rings. The number of hydrogen-bond acceptors (Lipinski definition) is 5. The van der Waals surface area contributed by atoms with Crippen molar-refractivity contribution in [2.24, 2.45) is 0 Å². The SMILES string of the molecule is Cc1ccc2c(c1)-c1nn(Cc3nncs3)c(=S)cc1CCC2. The molecule has 2 aromatic heterocycles. The van der Waals surface area contributed by atoms with Gasteiger partial charge in [-0.3, -0.25) is 0 Å². The summed E-state index contributed by atoms with van der Waals surface area (Å²) in [6.45, 7) is 2.71. The molecule has 0 amide bonds. The summed E-state index contributed by atoms with van der Waals surface area (Å²) in [5.74, 6) is 0. The fourth-order valence-electron chi connectivity index (χ4n) is 3.05. The predicted molar refractivity (Wildman–Crippen MR) is 94.3 cm³/mol. The first-order valence-corrected chi connectivity index (χ1v) is 8.95. The van der Waals surface area contributed by atoms with E-state index in [-0.39, 0.29) is 0 Å². The Kier molecular flexibility index (Phi) is 3.79. The fraction of sp³-hybridized carbons (Fsp3) is 0.294. The van der Waals surface area contributed by atoms with Crippen LogP contribution in [-0.2, 0) is 19.4 Å². The zero-order valence-corrected chi connectivity index (χ0v) is 14.5. The normalized spacial score (nSPS) is 13.3. The molecule has 0 radical (unpaired) electrons. The van der Waals surface area contributed by atoms with Gasteiger partial charge in [0.2, 0.25) is 0 Å². The summed E-state index contributed by atoms with van der Waals surface area (Å²) in [4.78, 5) is 0. The second-order valence-corrected chi connectivity index (χ2v) is 7.20. The van der Waals surface area contributed by atoms with E-state index in [9.17, 15) is 0 Å². The smallest absolute Gasteiger partial charge is 0.138 e. The Morgan fingerprint density at radius 1 is 1.22 bits per heavy atom. The van der Waals surface area contributed by atoms with E-state index in [1.165, 1.54) is 33.6 Å². The maximum atomic E-state index is 5.54. The summed E-state index contributed by atoms with van der Waals surface area (Å²) in [6, 6.07) is 8.76. The quantitative estimate of drug-likeness (QED) is 0.662. The molecule has 1 aliphatic carbocycles. The lowest BCUT2D eigenvalue weighted by atomic mass is 10.00. The second-order valence-electron chi connectivity index (χ2n) is 5.86. The Hall–Kier alpha value is -1.92. The molecule has 4 rings (SSSR count). The number of hydrogen-bond donors (Lipinski definition) is 0. The van der Waals surface area contributed by atoms with Gasteiger partial charge in [-0.1, -0.05) is 29.9 Å². The molecule has 116 valence electrons. The van der Waals surface area contributed by atoms with Crippen molar-refractivity contribution in [1.29, 1.82) is 0 Å². The first kappa shape index (κ1) is 14.7. The van der Waals surface area contributed by atoms with Crippen LogP contribution in [0.4, 0.5) is 0 Å². The molecule has 2 heterocycles. The van der Waals surface area contributed by atoms with Crippen LogP contribution >= 0.6 is 23.6 Å². The summed E-state index contributed by atoms with van der Waals surface area (Å²) in [5.41, 5.74) is 7.95. The molecule has 4 nitrogen and oxygen atoms in total.